The Labute approximate surface area is 221 Å². The number of furan rings is 1. The Balaban J connectivity index is 1.54. The number of ketones is 1. The first kappa shape index (κ1) is 25.1. The number of nitrogens with one attached hydrogen (secondary N) is 2. The Morgan fingerprint density at radius 1 is 0.895 bits per heavy atom. The number of aryl methyl sites for hydroxylation is 1. The second-order valence-corrected chi connectivity index (χ2v) is 10.5. The van der Waals surface area contributed by atoms with Gasteiger partial charge in [-0.05, 0) is 67.1 Å². The number of carbonyl (C=O) groups excluding carboxylic acids is 1. The van der Waals surface area contributed by atoms with Crippen LogP contribution in [0, 0.1) is 6.92 Å². The minimum Gasteiger partial charge on any atom is -0.497 e. The van der Waals surface area contributed by atoms with Crippen molar-refractivity contribution < 1.29 is 22.4 Å². The third kappa shape index (κ3) is 5.26. The van der Waals surface area contributed by atoms with Gasteiger partial charge in [0, 0.05) is 23.2 Å². The lowest BCUT2D eigenvalue weighted by atomic mass is 10.0. The number of rotatable bonds is 9. The number of hydrogen-bond acceptors (Lipinski definition) is 6. The van der Waals surface area contributed by atoms with Crippen LogP contribution in [0.2, 0.25) is 0 Å². The molecule has 2 N–H and O–H groups in total. The Bertz CT molecular complexity index is 1690. The van der Waals surface area contributed by atoms with E-state index in [-0.39, 0.29) is 10.7 Å². The average molecular weight is 527 g/mol. The predicted octanol–water partition coefficient (Wildman–Crippen LogP) is 6.39. The van der Waals surface area contributed by atoms with Crippen LogP contribution in [0.4, 0.5) is 11.6 Å². The van der Waals surface area contributed by atoms with Crippen LogP contribution in [0.25, 0.3) is 11.0 Å². The van der Waals surface area contributed by atoms with Crippen molar-refractivity contribution in [3.63, 3.8) is 0 Å². The van der Waals surface area contributed by atoms with Crippen molar-refractivity contribution in [1.29, 1.82) is 0 Å². The molecule has 0 saturated carbocycles. The molecule has 0 aliphatic heterocycles. The van der Waals surface area contributed by atoms with Gasteiger partial charge in [0.2, 0.25) is 5.88 Å². The topological polar surface area (TPSA) is 97.6 Å². The summed E-state index contributed by atoms with van der Waals surface area (Å²) in [6.45, 7) is 2.33. The van der Waals surface area contributed by atoms with Crippen LogP contribution in [0.5, 0.6) is 5.75 Å². The molecular formula is C30H26N2O5S. The highest BCUT2D eigenvalue weighted by Crippen LogP contribution is 2.35. The van der Waals surface area contributed by atoms with Crippen molar-refractivity contribution in [1.82, 2.24) is 0 Å². The van der Waals surface area contributed by atoms with Crippen LogP contribution in [0.1, 0.15) is 27.0 Å². The average Bonchev–Trinajstić information content (AvgIpc) is 3.29. The van der Waals surface area contributed by atoms with Crippen LogP contribution in [0.15, 0.2) is 106 Å². The fourth-order valence-electron chi connectivity index (χ4n) is 4.11. The van der Waals surface area contributed by atoms with Crippen molar-refractivity contribution in [2.24, 2.45) is 0 Å². The second kappa shape index (κ2) is 10.4. The Kier molecular flexibility index (Phi) is 6.89. The molecule has 0 aliphatic rings. The molecule has 1 heterocycles. The lowest BCUT2D eigenvalue weighted by Crippen LogP contribution is -2.13. The Hall–Kier alpha value is -4.56. The van der Waals surface area contributed by atoms with E-state index < -0.39 is 10.0 Å². The van der Waals surface area contributed by atoms with E-state index in [1.807, 2.05) is 37.3 Å². The molecule has 38 heavy (non-hydrogen) atoms. The molecule has 5 rings (SSSR count). The zero-order valence-corrected chi connectivity index (χ0v) is 21.7. The summed E-state index contributed by atoms with van der Waals surface area (Å²) in [5.41, 5.74) is 3.51. The van der Waals surface area contributed by atoms with Gasteiger partial charge in [-0.3, -0.25) is 9.52 Å². The van der Waals surface area contributed by atoms with Crippen LogP contribution in [-0.4, -0.2) is 21.3 Å². The van der Waals surface area contributed by atoms with Gasteiger partial charge in [0.1, 0.15) is 11.3 Å². The molecule has 0 bridgehead atoms. The first-order valence-corrected chi connectivity index (χ1v) is 13.4. The van der Waals surface area contributed by atoms with E-state index in [1.165, 1.54) is 0 Å². The van der Waals surface area contributed by atoms with Gasteiger partial charge < -0.3 is 14.5 Å². The third-order valence-corrected chi connectivity index (χ3v) is 7.54. The number of anilines is 2. The quantitative estimate of drug-likeness (QED) is 0.216. The molecular weight excluding hydrogens is 500 g/mol. The van der Waals surface area contributed by atoms with Crippen molar-refractivity contribution in [2.75, 3.05) is 17.1 Å². The van der Waals surface area contributed by atoms with E-state index in [2.05, 4.69) is 10.0 Å². The molecule has 4 aromatic carbocycles. The monoisotopic (exact) mass is 526 g/mol. The molecule has 8 heteroatoms. The predicted molar refractivity (Wildman–Crippen MR) is 148 cm³/mol. The van der Waals surface area contributed by atoms with Crippen molar-refractivity contribution in [3.05, 3.63) is 119 Å². The highest BCUT2D eigenvalue weighted by atomic mass is 32.2. The normalized spacial score (nSPS) is 11.3. The minimum atomic E-state index is -3.83. The van der Waals surface area contributed by atoms with E-state index in [9.17, 15) is 13.2 Å². The summed E-state index contributed by atoms with van der Waals surface area (Å²) in [5, 5.41) is 3.73. The third-order valence-electron chi connectivity index (χ3n) is 6.15. The van der Waals surface area contributed by atoms with Gasteiger partial charge in [-0.25, -0.2) is 8.42 Å². The summed E-state index contributed by atoms with van der Waals surface area (Å²) in [4.78, 5) is 13.9. The van der Waals surface area contributed by atoms with Crippen LogP contribution in [0.3, 0.4) is 0 Å². The standard InChI is InChI=1S/C30H26N2O5S/c1-20-8-15-25(16-9-20)38(34,35)32-23-12-17-27-26(18-23)28(29(33)22-10-13-24(36-2)14-11-22)30(37-27)31-19-21-6-4-3-5-7-21/h3-18,31-32H,19H2,1-2H3. The van der Waals surface area contributed by atoms with E-state index >= 15 is 0 Å². The highest BCUT2D eigenvalue weighted by Gasteiger charge is 2.24. The van der Waals surface area contributed by atoms with Gasteiger partial charge in [0.05, 0.1) is 17.6 Å². The minimum absolute atomic E-state index is 0.148. The zero-order valence-electron chi connectivity index (χ0n) is 20.9. The SMILES string of the molecule is COc1ccc(C(=O)c2c(NCc3ccccc3)oc3ccc(NS(=O)(=O)c4ccc(C)cc4)cc23)cc1. The first-order chi connectivity index (χ1) is 18.3. The van der Waals surface area contributed by atoms with Gasteiger partial charge in [-0.15, -0.1) is 0 Å². The van der Waals surface area contributed by atoms with Crippen molar-refractivity contribution in [2.45, 2.75) is 18.4 Å². The molecule has 0 radical (unpaired) electrons. The van der Waals surface area contributed by atoms with Gasteiger partial charge in [-0.1, -0.05) is 48.0 Å². The number of hydrogen-bond donors (Lipinski definition) is 2. The summed E-state index contributed by atoms with van der Waals surface area (Å²) in [5.74, 6) is 0.678. The molecule has 0 atom stereocenters. The van der Waals surface area contributed by atoms with E-state index in [0.717, 1.165) is 11.1 Å². The maximum Gasteiger partial charge on any atom is 0.261 e. The van der Waals surface area contributed by atoms with E-state index in [4.69, 9.17) is 9.15 Å². The molecule has 0 fully saturated rings. The van der Waals surface area contributed by atoms with Crippen molar-refractivity contribution >= 4 is 38.3 Å². The zero-order chi connectivity index (χ0) is 26.7. The lowest BCUT2D eigenvalue weighted by molar-refractivity contribution is 0.104. The van der Waals surface area contributed by atoms with Gasteiger partial charge in [-0.2, -0.15) is 0 Å². The maximum absolute atomic E-state index is 13.7. The fourth-order valence-corrected chi connectivity index (χ4v) is 5.16. The molecule has 5 aromatic rings. The van der Waals surface area contributed by atoms with Crippen LogP contribution >= 0.6 is 0 Å². The number of benzene rings is 4. The fraction of sp³-hybridized carbons (Fsp3) is 0.100. The smallest absolute Gasteiger partial charge is 0.261 e. The summed E-state index contributed by atoms with van der Waals surface area (Å²) in [6, 6.07) is 28.0. The van der Waals surface area contributed by atoms with Gasteiger partial charge in [0.25, 0.3) is 10.0 Å². The Morgan fingerprint density at radius 3 is 2.29 bits per heavy atom. The number of sulfonamides is 1. The molecule has 0 amide bonds. The number of fused-ring (bicyclic) bond motifs is 1. The summed E-state index contributed by atoms with van der Waals surface area (Å²) in [6.07, 6.45) is 0. The summed E-state index contributed by atoms with van der Waals surface area (Å²) < 4.78 is 39.9. The summed E-state index contributed by atoms with van der Waals surface area (Å²) in [7, 11) is -2.27. The largest absolute Gasteiger partial charge is 0.497 e. The molecule has 0 unspecified atom stereocenters. The van der Waals surface area contributed by atoms with Crippen LogP contribution in [-0.2, 0) is 16.6 Å². The molecule has 0 saturated heterocycles. The highest BCUT2D eigenvalue weighted by molar-refractivity contribution is 7.92. The van der Waals surface area contributed by atoms with Crippen molar-refractivity contribution in [3.8, 4) is 5.75 Å². The van der Waals surface area contributed by atoms with Crippen LogP contribution < -0.4 is 14.8 Å². The van der Waals surface area contributed by atoms with Gasteiger partial charge >= 0.3 is 0 Å². The van der Waals surface area contributed by atoms with E-state index in [1.54, 1.807) is 73.8 Å². The number of methoxy groups -OCH3 is 1. The molecule has 1 aromatic heterocycles. The molecule has 7 nitrogen and oxygen atoms in total. The Morgan fingerprint density at radius 2 is 1.61 bits per heavy atom. The second-order valence-electron chi connectivity index (χ2n) is 8.83. The maximum atomic E-state index is 13.7. The molecule has 192 valence electrons. The van der Waals surface area contributed by atoms with Gasteiger partial charge in [0.15, 0.2) is 5.78 Å². The first-order valence-electron chi connectivity index (χ1n) is 12.0. The lowest BCUT2D eigenvalue weighted by Gasteiger charge is -2.09. The summed E-state index contributed by atoms with van der Waals surface area (Å²) >= 11 is 0. The number of carbonyl (C=O) groups is 1. The van der Waals surface area contributed by atoms with E-state index in [0.29, 0.717) is 46.0 Å². The molecule has 0 spiro atoms. The number of ether oxygens (including phenoxy) is 1. The molecule has 0 aliphatic carbocycles.